The average molecular weight is 502 g/mol. The highest BCUT2D eigenvalue weighted by molar-refractivity contribution is 7.92. The van der Waals surface area contributed by atoms with Gasteiger partial charge in [0.2, 0.25) is 25.9 Å². The van der Waals surface area contributed by atoms with Gasteiger partial charge < -0.3 is 21.5 Å². The van der Waals surface area contributed by atoms with E-state index in [2.05, 4.69) is 25.3 Å². The van der Waals surface area contributed by atoms with Gasteiger partial charge in [0.25, 0.3) is 0 Å². The first-order valence-corrected chi connectivity index (χ1v) is 13.1. The summed E-state index contributed by atoms with van der Waals surface area (Å²) in [5.74, 6) is -0.136. The molecule has 0 saturated carbocycles. The molecular weight excluding hydrogens is 474 g/mol. The smallest absolute Gasteiger partial charge is 0.242 e. The summed E-state index contributed by atoms with van der Waals surface area (Å²) in [5, 5.41) is 28.6. The van der Waals surface area contributed by atoms with E-state index >= 15 is 0 Å². The fraction of sp³-hybridized carbons (Fsp3) is 0.471. The Morgan fingerprint density at radius 1 is 1.27 bits per heavy atom. The van der Waals surface area contributed by atoms with Gasteiger partial charge in [0, 0.05) is 38.4 Å². The van der Waals surface area contributed by atoms with E-state index in [1.165, 1.54) is 6.07 Å². The molecule has 1 saturated heterocycles. The lowest BCUT2D eigenvalue weighted by atomic mass is 10.0. The molecule has 0 aliphatic carbocycles. The molecule has 9 N–H and O–H groups in total. The second-order valence-corrected chi connectivity index (χ2v) is 10.7. The predicted octanol–water partition coefficient (Wildman–Crippen LogP) is -2.40. The second kappa shape index (κ2) is 10.2. The van der Waals surface area contributed by atoms with Crippen LogP contribution in [0.2, 0.25) is 0 Å². The Bertz CT molecular complexity index is 1210. The molecule has 33 heavy (non-hydrogen) atoms. The van der Waals surface area contributed by atoms with Crippen LogP contribution >= 0.6 is 0 Å². The first-order valence-electron chi connectivity index (χ1n) is 10.0. The monoisotopic (exact) mass is 501 g/mol. The number of tetrazole rings is 1. The minimum absolute atomic E-state index is 0.0949. The molecule has 182 valence electrons. The molecule has 0 radical (unpaired) electrons. The van der Waals surface area contributed by atoms with Crippen LogP contribution in [0.4, 0.5) is 5.69 Å². The quantitative estimate of drug-likeness (QED) is 0.198. The van der Waals surface area contributed by atoms with Gasteiger partial charge in [-0.2, -0.15) is 5.21 Å². The predicted molar refractivity (Wildman–Crippen MR) is 120 cm³/mol. The molecule has 1 aliphatic heterocycles. The van der Waals surface area contributed by atoms with Crippen LogP contribution < -0.4 is 26.2 Å². The lowest BCUT2D eigenvalue weighted by Gasteiger charge is -2.32. The summed E-state index contributed by atoms with van der Waals surface area (Å²) in [6, 6.07) is 2.62. The van der Waals surface area contributed by atoms with Crippen LogP contribution in [0.5, 0.6) is 0 Å². The zero-order valence-electron chi connectivity index (χ0n) is 17.7. The molecule has 1 fully saturated rings. The number of sulfonamides is 2. The van der Waals surface area contributed by atoms with E-state index in [1.807, 2.05) is 11.0 Å². The maximum absolute atomic E-state index is 13.0. The van der Waals surface area contributed by atoms with E-state index in [0.29, 0.717) is 25.3 Å². The van der Waals surface area contributed by atoms with Crippen LogP contribution in [-0.2, 0) is 20.0 Å². The Kier molecular flexibility index (Phi) is 7.78. The van der Waals surface area contributed by atoms with Crippen LogP contribution in [0.1, 0.15) is 12.8 Å². The third kappa shape index (κ3) is 5.72. The van der Waals surface area contributed by atoms with Crippen molar-refractivity contribution in [3.8, 4) is 11.4 Å². The van der Waals surface area contributed by atoms with Crippen molar-refractivity contribution in [2.75, 3.05) is 37.6 Å². The molecule has 14 nitrogen and oxygen atoms in total. The molecule has 3 rings (SSSR count). The number of hydrogen-bond acceptors (Lipinski definition) is 11. The number of nitrogens with two attached hydrogens (primary N) is 3. The van der Waals surface area contributed by atoms with Crippen LogP contribution in [-0.4, -0.2) is 81.4 Å². The molecule has 0 bridgehead atoms. The number of nitrogens with one attached hydrogen (secondary N) is 2. The highest BCUT2D eigenvalue weighted by atomic mass is 32.2. The normalized spacial score (nSPS) is 17.5. The molecule has 1 aromatic carbocycles. The fourth-order valence-electron chi connectivity index (χ4n) is 3.60. The van der Waals surface area contributed by atoms with Crippen molar-refractivity contribution in [3.63, 3.8) is 0 Å². The van der Waals surface area contributed by atoms with Crippen molar-refractivity contribution in [1.82, 2.24) is 25.3 Å². The van der Waals surface area contributed by atoms with Gasteiger partial charge in [-0.15, -0.1) is 10.2 Å². The van der Waals surface area contributed by atoms with E-state index in [4.69, 9.17) is 16.6 Å². The molecule has 0 spiro atoms. The molecule has 1 aliphatic rings. The number of hydrogen-bond donors (Lipinski definition) is 6. The van der Waals surface area contributed by atoms with E-state index in [9.17, 15) is 21.9 Å². The Hall–Kier alpha value is -2.47. The number of primary sulfonamides is 1. The summed E-state index contributed by atoms with van der Waals surface area (Å²) in [5.41, 5.74) is 12.3. The molecule has 1 unspecified atom stereocenters. The van der Waals surface area contributed by atoms with E-state index in [0.717, 1.165) is 24.5 Å². The highest BCUT2D eigenvalue weighted by Crippen LogP contribution is 2.39. The van der Waals surface area contributed by atoms with Crippen LogP contribution in [0.15, 0.2) is 33.6 Å². The number of nitrogens with zero attached hydrogens (tertiary/aromatic N) is 4. The van der Waals surface area contributed by atoms with Crippen LogP contribution in [0.3, 0.4) is 0 Å². The van der Waals surface area contributed by atoms with Gasteiger partial charge in [0.1, 0.15) is 9.79 Å². The number of benzene rings is 1. The second-order valence-electron chi connectivity index (χ2n) is 7.43. The zero-order valence-corrected chi connectivity index (χ0v) is 19.3. The molecule has 2 heterocycles. The van der Waals surface area contributed by atoms with Gasteiger partial charge in [-0.25, -0.2) is 26.7 Å². The number of aromatic amines is 1. The molecule has 0 amide bonds. The third-order valence-electron chi connectivity index (χ3n) is 5.09. The maximum atomic E-state index is 13.0. The van der Waals surface area contributed by atoms with E-state index in [1.54, 1.807) is 0 Å². The Morgan fingerprint density at radius 3 is 2.64 bits per heavy atom. The number of aliphatic hydroxyl groups is 1. The van der Waals surface area contributed by atoms with Gasteiger partial charge in [-0.1, -0.05) is 11.6 Å². The topological polar surface area (TPSA) is 236 Å². The number of aliphatic hydroxyl groups excluding tert-OH is 1. The lowest BCUT2D eigenvalue weighted by Crippen LogP contribution is -2.37. The standard InChI is InChI=1S/C17H27N9O5S2/c18-6-5-11-2-1-7-26(10-11)13-3-4-14(33(30,31)21-9-12(27)8-19)16(32(20,28)29)15(13)17-22-24-25-23-17/h3-5,12,21,27H,1-2,6-10,18-19H2,(H2,20,28,29)(H,22,23,24,25)/b11-5+. The van der Waals surface area contributed by atoms with Gasteiger partial charge in [0.15, 0.2) is 0 Å². The summed E-state index contributed by atoms with van der Waals surface area (Å²) in [7, 11) is -9.01. The third-order valence-corrected chi connectivity index (χ3v) is 7.68. The van der Waals surface area contributed by atoms with E-state index in [-0.39, 0.29) is 17.9 Å². The van der Waals surface area contributed by atoms with Crippen LogP contribution in [0.25, 0.3) is 11.4 Å². The highest BCUT2D eigenvalue weighted by Gasteiger charge is 2.33. The van der Waals surface area contributed by atoms with Crippen molar-refractivity contribution in [2.24, 2.45) is 16.6 Å². The first-order chi connectivity index (χ1) is 15.6. The molecular formula is C17H27N9O5S2. The van der Waals surface area contributed by atoms with Gasteiger partial charge in [-0.3, -0.25) is 0 Å². The number of piperidine rings is 1. The van der Waals surface area contributed by atoms with Gasteiger partial charge >= 0.3 is 0 Å². The Labute approximate surface area is 191 Å². The van der Waals surface area contributed by atoms with Gasteiger partial charge in [-0.05, 0) is 30.2 Å². The van der Waals surface area contributed by atoms with Crippen molar-refractivity contribution in [2.45, 2.75) is 28.7 Å². The summed E-state index contributed by atoms with van der Waals surface area (Å²) in [6.07, 6.45) is 2.36. The summed E-state index contributed by atoms with van der Waals surface area (Å²) in [4.78, 5) is 0.603. The minimum Gasteiger partial charge on any atom is -0.390 e. The number of anilines is 1. The number of aromatic nitrogens is 4. The molecule has 1 aromatic heterocycles. The summed E-state index contributed by atoms with van der Waals surface area (Å²) in [6.45, 7) is 0.788. The summed E-state index contributed by atoms with van der Waals surface area (Å²) >= 11 is 0. The SMILES string of the molecule is NC/C=C1\CCCN(c2ccc(S(=O)(=O)NCC(O)CN)c(S(N)(=O)=O)c2-c2nn[nH]n2)C1. The fourth-order valence-corrected chi connectivity index (χ4v) is 6.27. The first kappa shape index (κ1) is 25.2. The number of H-pyrrole nitrogens is 1. The van der Waals surface area contributed by atoms with E-state index < -0.39 is 42.5 Å². The lowest BCUT2D eigenvalue weighted by molar-refractivity contribution is 0.186. The van der Waals surface area contributed by atoms with Crippen molar-refractivity contribution >= 4 is 25.7 Å². The molecule has 1 atom stereocenters. The van der Waals surface area contributed by atoms with Gasteiger partial charge in [0.05, 0.1) is 11.7 Å². The molecule has 2 aromatic rings. The maximum Gasteiger partial charge on any atom is 0.242 e. The largest absolute Gasteiger partial charge is 0.390 e. The zero-order chi connectivity index (χ0) is 24.2. The molecule has 16 heteroatoms. The summed E-state index contributed by atoms with van der Waals surface area (Å²) < 4.78 is 53.5. The average Bonchev–Trinajstić information content (AvgIpc) is 3.31. The minimum atomic E-state index is -4.59. The van der Waals surface area contributed by atoms with Crippen molar-refractivity contribution < 1.29 is 21.9 Å². The Balaban J connectivity index is 2.23. The number of rotatable bonds is 9. The van der Waals surface area contributed by atoms with Crippen LogP contribution in [0, 0.1) is 0 Å². The van der Waals surface area contributed by atoms with Crippen molar-refractivity contribution in [3.05, 3.63) is 23.8 Å². The van der Waals surface area contributed by atoms with Crippen molar-refractivity contribution in [1.29, 1.82) is 0 Å². The Morgan fingerprint density at radius 2 is 2.03 bits per heavy atom.